The molecular formula is C20H24O5. The molecule has 0 aliphatic heterocycles. The van der Waals surface area contributed by atoms with E-state index in [4.69, 9.17) is 18.9 Å². The molecule has 25 heavy (non-hydrogen) atoms. The molecule has 0 atom stereocenters. The highest BCUT2D eigenvalue weighted by Crippen LogP contribution is 2.25. The standard InChI is InChI=1S/C20H24O5/c1-4-23-18-7-5-17-14-19(8-6-16(17)13-18)24-11-9-22-10-12-25-20(21)15(2)3/h5-8,13-14H,2,4,9-12H2,1,3H3. The Bertz CT molecular complexity index is 723. The van der Waals surface area contributed by atoms with Gasteiger partial charge in [-0.3, -0.25) is 0 Å². The van der Waals surface area contributed by atoms with Crippen LogP contribution in [0, 0.1) is 0 Å². The quantitative estimate of drug-likeness (QED) is 0.373. The van der Waals surface area contributed by atoms with Crippen LogP contribution in [-0.2, 0) is 14.3 Å². The van der Waals surface area contributed by atoms with E-state index in [9.17, 15) is 4.79 Å². The van der Waals surface area contributed by atoms with Crippen molar-refractivity contribution in [3.8, 4) is 11.5 Å². The number of carbonyl (C=O) groups excluding carboxylic acids is 1. The molecule has 0 aliphatic carbocycles. The first kappa shape index (κ1) is 18.8. The monoisotopic (exact) mass is 344 g/mol. The van der Waals surface area contributed by atoms with Crippen LogP contribution in [0.15, 0.2) is 48.6 Å². The largest absolute Gasteiger partial charge is 0.494 e. The minimum Gasteiger partial charge on any atom is -0.494 e. The molecule has 2 rings (SSSR count). The molecule has 0 amide bonds. The van der Waals surface area contributed by atoms with E-state index in [1.165, 1.54) is 0 Å². The van der Waals surface area contributed by atoms with Gasteiger partial charge in [0.05, 0.1) is 19.8 Å². The summed E-state index contributed by atoms with van der Waals surface area (Å²) in [6.07, 6.45) is 0. The Kier molecular flexibility index (Phi) is 7.29. The lowest BCUT2D eigenvalue weighted by molar-refractivity contribution is -0.140. The minimum absolute atomic E-state index is 0.212. The van der Waals surface area contributed by atoms with Gasteiger partial charge in [0.25, 0.3) is 0 Å². The Morgan fingerprint density at radius 2 is 1.52 bits per heavy atom. The third-order valence-corrected chi connectivity index (χ3v) is 3.40. The topological polar surface area (TPSA) is 54.0 Å². The van der Waals surface area contributed by atoms with E-state index in [0.29, 0.717) is 32.0 Å². The van der Waals surface area contributed by atoms with Gasteiger partial charge in [0.2, 0.25) is 0 Å². The molecule has 5 nitrogen and oxygen atoms in total. The van der Waals surface area contributed by atoms with Gasteiger partial charge in [-0.1, -0.05) is 18.7 Å². The van der Waals surface area contributed by atoms with Crippen LogP contribution >= 0.6 is 0 Å². The third kappa shape index (κ3) is 6.12. The van der Waals surface area contributed by atoms with E-state index >= 15 is 0 Å². The summed E-state index contributed by atoms with van der Waals surface area (Å²) in [6.45, 7) is 9.13. The van der Waals surface area contributed by atoms with E-state index < -0.39 is 5.97 Å². The fourth-order valence-corrected chi connectivity index (χ4v) is 2.19. The maximum atomic E-state index is 11.2. The summed E-state index contributed by atoms with van der Waals surface area (Å²) in [7, 11) is 0. The van der Waals surface area contributed by atoms with Gasteiger partial charge in [-0.25, -0.2) is 4.79 Å². The van der Waals surface area contributed by atoms with Crippen molar-refractivity contribution in [1.82, 2.24) is 0 Å². The van der Waals surface area contributed by atoms with Gasteiger partial charge in [-0.2, -0.15) is 0 Å². The first-order chi connectivity index (χ1) is 12.1. The first-order valence-corrected chi connectivity index (χ1v) is 8.30. The van der Waals surface area contributed by atoms with Gasteiger partial charge in [0.15, 0.2) is 0 Å². The van der Waals surface area contributed by atoms with E-state index in [2.05, 4.69) is 6.58 Å². The number of benzene rings is 2. The highest BCUT2D eigenvalue weighted by Gasteiger charge is 2.03. The van der Waals surface area contributed by atoms with Crippen LogP contribution in [0.4, 0.5) is 0 Å². The van der Waals surface area contributed by atoms with Crippen LogP contribution in [0.5, 0.6) is 11.5 Å². The molecule has 0 spiro atoms. The molecule has 0 unspecified atom stereocenters. The van der Waals surface area contributed by atoms with Crippen LogP contribution in [0.1, 0.15) is 13.8 Å². The molecule has 0 saturated carbocycles. The van der Waals surface area contributed by atoms with Gasteiger partial charge < -0.3 is 18.9 Å². The lowest BCUT2D eigenvalue weighted by atomic mass is 10.1. The molecule has 0 aromatic heterocycles. The summed E-state index contributed by atoms with van der Waals surface area (Å²) in [5.74, 6) is 1.25. The van der Waals surface area contributed by atoms with Crippen molar-refractivity contribution in [2.45, 2.75) is 13.8 Å². The molecule has 0 heterocycles. The average molecular weight is 344 g/mol. The van der Waals surface area contributed by atoms with Crippen molar-refractivity contribution in [3.63, 3.8) is 0 Å². The van der Waals surface area contributed by atoms with E-state index in [0.717, 1.165) is 22.3 Å². The summed E-state index contributed by atoms with van der Waals surface area (Å²) < 4.78 is 21.5. The van der Waals surface area contributed by atoms with Crippen molar-refractivity contribution >= 4 is 16.7 Å². The van der Waals surface area contributed by atoms with Gasteiger partial charge >= 0.3 is 5.97 Å². The van der Waals surface area contributed by atoms with Gasteiger partial charge in [0, 0.05) is 5.57 Å². The Hall–Kier alpha value is -2.53. The number of rotatable bonds is 10. The number of carbonyl (C=O) groups is 1. The third-order valence-electron chi connectivity index (χ3n) is 3.40. The Morgan fingerprint density at radius 1 is 0.920 bits per heavy atom. The van der Waals surface area contributed by atoms with Crippen LogP contribution in [0.3, 0.4) is 0 Å². The SMILES string of the molecule is C=C(C)C(=O)OCCOCCOc1ccc2cc(OCC)ccc2c1. The molecule has 0 fully saturated rings. The Balaban J connectivity index is 1.71. The van der Waals surface area contributed by atoms with Crippen molar-refractivity contribution in [2.75, 3.05) is 33.0 Å². The molecule has 0 aliphatic rings. The molecule has 5 heteroatoms. The summed E-state index contributed by atoms with van der Waals surface area (Å²) in [4.78, 5) is 11.2. The molecule has 0 saturated heterocycles. The van der Waals surface area contributed by atoms with Crippen LogP contribution in [0.2, 0.25) is 0 Å². The number of esters is 1. The fraction of sp³-hybridized carbons (Fsp3) is 0.350. The first-order valence-electron chi connectivity index (χ1n) is 8.30. The average Bonchev–Trinajstić information content (AvgIpc) is 2.60. The second-order valence-electron chi connectivity index (χ2n) is 5.48. The molecule has 2 aromatic carbocycles. The highest BCUT2D eigenvalue weighted by atomic mass is 16.6. The van der Waals surface area contributed by atoms with Crippen molar-refractivity contribution in [2.24, 2.45) is 0 Å². The second-order valence-corrected chi connectivity index (χ2v) is 5.48. The molecule has 2 aromatic rings. The number of hydrogen-bond acceptors (Lipinski definition) is 5. The predicted octanol–water partition coefficient (Wildman–Crippen LogP) is 3.75. The zero-order valence-corrected chi connectivity index (χ0v) is 14.7. The fourth-order valence-electron chi connectivity index (χ4n) is 2.19. The van der Waals surface area contributed by atoms with Crippen molar-refractivity contribution < 1.29 is 23.7 Å². The van der Waals surface area contributed by atoms with Crippen molar-refractivity contribution in [3.05, 3.63) is 48.6 Å². The zero-order valence-electron chi connectivity index (χ0n) is 14.7. The molecular weight excluding hydrogens is 320 g/mol. The minimum atomic E-state index is -0.400. The maximum absolute atomic E-state index is 11.2. The molecule has 0 N–H and O–H groups in total. The highest BCUT2D eigenvalue weighted by molar-refractivity contribution is 5.87. The summed E-state index contributed by atoms with van der Waals surface area (Å²) in [5, 5.41) is 2.20. The summed E-state index contributed by atoms with van der Waals surface area (Å²) in [5.41, 5.74) is 0.382. The lowest BCUT2D eigenvalue weighted by Crippen LogP contribution is -2.13. The summed E-state index contributed by atoms with van der Waals surface area (Å²) in [6, 6.07) is 11.9. The van der Waals surface area contributed by atoms with E-state index in [-0.39, 0.29) is 6.61 Å². The van der Waals surface area contributed by atoms with Gasteiger partial charge in [0.1, 0.15) is 24.7 Å². The Labute approximate surface area is 148 Å². The van der Waals surface area contributed by atoms with E-state index in [1.54, 1.807) is 6.92 Å². The number of hydrogen-bond donors (Lipinski definition) is 0. The maximum Gasteiger partial charge on any atom is 0.333 e. The normalized spacial score (nSPS) is 10.5. The van der Waals surface area contributed by atoms with Crippen LogP contribution in [-0.4, -0.2) is 39.0 Å². The number of ether oxygens (including phenoxy) is 4. The van der Waals surface area contributed by atoms with Crippen LogP contribution < -0.4 is 9.47 Å². The molecule has 0 bridgehead atoms. The van der Waals surface area contributed by atoms with Gasteiger partial charge in [-0.05, 0) is 48.9 Å². The number of fused-ring (bicyclic) bond motifs is 1. The molecule has 134 valence electrons. The predicted molar refractivity (Wildman–Crippen MR) is 97.2 cm³/mol. The molecule has 0 radical (unpaired) electrons. The van der Waals surface area contributed by atoms with E-state index in [1.807, 2.05) is 43.3 Å². The second kappa shape index (κ2) is 9.69. The van der Waals surface area contributed by atoms with Gasteiger partial charge in [-0.15, -0.1) is 0 Å². The Morgan fingerprint density at radius 3 is 2.12 bits per heavy atom. The zero-order chi connectivity index (χ0) is 18.1. The summed E-state index contributed by atoms with van der Waals surface area (Å²) >= 11 is 0. The lowest BCUT2D eigenvalue weighted by Gasteiger charge is -2.09. The van der Waals surface area contributed by atoms with Crippen molar-refractivity contribution in [1.29, 1.82) is 0 Å². The smallest absolute Gasteiger partial charge is 0.333 e. The van der Waals surface area contributed by atoms with Crippen LogP contribution in [0.25, 0.3) is 10.8 Å².